The zero-order chi connectivity index (χ0) is 26.6. The Labute approximate surface area is 217 Å². The third-order valence-electron chi connectivity index (χ3n) is 6.18. The van der Waals surface area contributed by atoms with E-state index in [0.717, 1.165) is 30.1 Å². The molecular formula is C26H27F3N4O3S. The fraction of sp³-hybridized carbons (Fsp3) is 0.346. The average Bonchev–Trinajstić information content (AvgIpc) is 3.34. The van der Waals surface area contributed by atoms with Crippen LogP contribution in [0.25, 0.3) is 22.8 Å². The number of thioether (sulfide) groups is 1. The van der Waals surface area contributed by atoms with Crippen molar-refractivity contribution in [3.8, 4) is 22.8 Å². The highest BCUT2D eigenvalue weighted by molar-refractivity contribution is 7.98. The maximum absolute atomic E-state index is 13.1. The van der Waals surface area contributed by atoms with Crippen LogP contribution in [0, 0.1) is 0 Å². The summed E-state index contributed by atoms with van der Waals surface area (Å²) in [6.45, 7) is 5.29. The van der Waals surface area contributed by atoms with E-state index < -0.39 is 17.6 Å². The van der Waals surface area contributed by atoms with Crippen LogP contribution in [-0.2, 0) is 11.0 Å². The van der Waals surface area contributed by atoms with E-state index in [4.69, 9.17) is 4.42 Å². The quantitative estimate of drug-likeness (QED) is 0.447. The molecule has 2 aromatic carbocycles. The van der Waals surface area contributed by atoms with Crippen molar-refractivity contribution in [2.45, 2.75) is 18.0 Å². The van der Waals surface area contributed by atoms with Crippen LogP contribution in [0.4, 0.5) is 13.2 Å². The zero-order valence-electron chi connectivity index (χ0n) is 20.5. The minimum absolute atomic E-state index is 0.0564. The number of nitrogens with zero attached hydrogens (tertiary/aromatic N) is 3. The third-order valence-corrected chi connectivity index (χ3v) is 6.93. The number of aromatic nitrogens is 1. The Bertz CT molecular complexity index is 1240. The van der Waals surface area contributed by atoms with Gasteiger partial charge in [0, 0.05) is 62.2 Å². The highest BCUT2D eigenvalue weighted by atomic mass is 32.2. The second kappa shape index (κ2) is 11.4. The number of benzene rings is 2. The standard InChI is InChI=1S/C26H27F3N4O3S/c1-17(34)33-15-13-32(14-16-33)12-11-30-24(35)22-23(18-5-9-21(37-2)10-6-18)36-25(31-22)19-3-7-20(8-4-19)26(27,28)29/h3-10H,11-16H2,1-2H3,(H,30,35). The zero-order valence-corrected chi connectivity index (χ0v) is 21.3. The van der Waals surface area contributed by atoms with Crippen LogP contribution in [0.15, 0.2) is 57.8 Å². The Kier molecular flexibility index (Phi) is 8.23. The summed E-state index contributed by atoms with van der Waals surface area (Å²) < 4.78 is 44.8. The molecule has 0 saturated carbocycles. The Balaban J connectivity index is 1.52. The molecule has 0 unspecified atom stereocenters. The van der Waals surface area contributed by atoms with Crippen molar-refractivity contribution in [2.24, 2.45) is 0 Å². The van der Waals surface area contributed by atoms with E-state index in [1.54, 1.807) is 23.6 Å². The lowest BCUT2D eigenvalue weighted by molar-refractivity contribution is -0.137. The van der Waals surface area contributed by atoms with Crippen molar-refractivity contribution in [1.82, 2.24) is 20.1 Å². The summed E-state index contributed by atoms with van der Waals surface area (Å²) >= 11 is 1.57. The van der Waals surface area contributed by atoms with Gasteiger partial charge in [0.25, 0.3) is 5.91 Å². The van der Waals surface area contributed by atoms with Gasteiger partial charge in [-0.1, -0.05) is 12.1 Å². The maximum Gasteiger partial charge on any atom is 0.416 e. The van der Waals surface area contributed by atoms with Gasteiger partial charge in [0.2, 0.25) is 11.8 Å². The largest absolute Gasteiger partial charge is 0.435 e. The van der Waals surface area contributed by atoms with Crippen molar-refractivity contribution < 1.29 is 27.2 Å². The van der Waals surface area contributed by atoms with Crippen LogP contribution < -0.4 is 5.32 Å². The van der Waals surface area contributed by atoms with Gasteiger partial charge >= 0.3 is 6.18 Å². The molecule has 0 radical (unpaired) electrons. The number of hydrogen-bond donors (Lipinski definition) is 1. The highest BCUT2D eigenvalue weighted by Crippen LogP contribution is 2.34. The molecule has 4 rings (SSSR count). The fourth-order valence-electron chi connectivity index (χ4n) is 4.03. The number of carbonyl (C=O) groups excluding carboxylic acids is 2. The molecule has 0 aliphatic carbocycles. The number of carbonyl (C=O) groups is 2. The lowest BCUT2D eigenvalue weighted by Crippen LogP contribution is -2.49. The molecule has 0 atom stereocenters. The molecule has 1 saturated heterocycles. The number of alkyl halides is 3. The van der Waals surface area contributed by atoms with Gasteiger partial charge in [0.1, 0.15) is 0 Å². The number of halogens is 3. The molecule has 3 aromatic rings. The van der Waals surface area contributed by atoms with Crippen molar-refractivity contribution >= 4 is 23.6 Å². The maximum atomic E-state index is 13.1. The predicted octanol–water partition coefficient (Wildman–Crippen LogP) is 4.64. The molecule has 0 spiro atoms. The topological polar surface area (TPSA) is 78.7 Å². The van der Waals surface area contributed by atoms with Gasteiger partial charge in [-0.25, -0.2) is 4.98 Å². The Hall–Kier alpha value is -3.31. The number of hydrogen-bond acceptors (Lipinski definition) is 6. The van der Waals surface area contributed by atoms with Crippen LogP contribution in [0.3, 0.4) is 0 Å². The molecule has 1 N–H and O–H groups in total. The monoisotopic (exact) mass is 532 g/mol. The van der Waals surface area contributed by atoms with Gasteiger partial charge in [-0.05, 0) is 42.7 Å². The number of rotatable bonds is 7. The molecule has 11 heteroatoms. The molecule has 0 bridgehead atoms. The van der Waals surface area contributed by atoms with E-state index >= 15 is 0 Å². The van der Waals surface area contributed by atoms with Crippen molar-refractivity contribution in [1.29, 1.82) is 0 Å². The first-order valence-corrected chi connectivity index (χ1v) is 13.0. The van der Waals surface area contributed by atoms with Gasteiger partial charge in [-0.2, -0.15) is 13.2 Å². The minimum atomic E-state index is -4.46. The van der Waals surface area contributed by atoms with Gasteiger partial charge in [0.15, 0.2) is 11.5 Å². The number of amides is 2. The summed E-state index contributed by atoms with van der Waals surface area (Å²) in [5.41, 5.74) is 0.248. The molecule has 196 valence electrons. The van der Waals surface area contributed by atoms with Crippen molar-refractivity contribution in [3.05, 3.63) is 59.8 Å². The molecule has 1 aliphatic rings. The van der Waals surface area contributed by atoms with E-state index in [0.29, 0.717) is 37.3 Å². The Morgan fingerprint density at radius 3 is 2.19 bits per heavy atom. The number of nitrogens with one attached hydrogen (secondary N) is 1. The normalized spacial score (nSPS) is 14.6. The first-order chi connectivity index (χ1) is 17.7. The second-order valence-corrected chi connectivity index (χ2v) is 9.48. The molecular weight excluding hydrogens is 505 g/mol. The average molecular weight is 533 g/mol. The Morgan fingerprint density at radius 1 is 1.00 bits per heavy atom. The van der Waals surface area contributed by atoms with Crippen LogP contribution in [-0.4, -0.2) is 72.1 Å². The highest BCUT2D eigenvalue weighted by Gasteiger charge is 2.30. The molecule has 2 amide bonds. The third kappa shape index (κ3) is 6.53. The predicted molar refractivity (Wildman–Crippen MR) is 135 cm³/mol. The lowest BCUT2D eigenvalue weighted by atomic mass is 10.1. The molecule has 1 aromatic heterocycles. The molecule has 1 fully saturated rings. The summed E-state index contributed by atoms with van der Waals surface area (Å²) in [6.07, 6.45) is -2.51. The number of oxazole rings is 1. The van der Waals surface area contributed by atoms with Crippen LogP contribution in [0.5, 0.6) is 0 Å². The summed E-state index contributed by atoms with van der Waals surface area (Å²) in [4.78, 5) is 34.0. The number of piperazine rings is 1. The van der Waals surface area contributed by atoms with E-state index in [-0.39, 0.29) is 23.3 Å². The molecule has 37 heavy (non-hydrogen) atoms. The van der Waals surface area contributed by atoms with Crippen LogP contribution in [0.1, 0.15) is 23.0 Å². The van der Waals surface area contributed by atoms with E-state index in [1.807, 2.05) is 30.5 Å². The van der Waals surface area contributed by atoms with E-state index in [1.165, 1.54) is 12.1 Å². The molecule has 2 heterocycles. The molecule has 1 aliphatic heterocycles. The molecule has 7 nitrogen and oxygen atoms in total. The van der Waals surface area contributed by atoms with Gasteiger partial charge in [-0.3, -0.25) is 14.5 Å². The fourth-order valence-corrected chi connectivity index (χ4v) is 4.44. The summed E-state index contributed by atoms with van der Waals surface area (Å²) in [5, 5.41) is 2.87. The van der Waals surface area contributed by atoms with Gasteiger partial charge in [-0.15, -0.1) is 11.8 Å². The summed E-state index contributed by atoms with van der Waals surface area (Å²) in [7, 11) is 0. The summed E-state index contributed by atoms with van der Waals surface area (Å²) in [5.74, 6) is -0.0764. The van der Waals surface area contributed by atoms with Crippen molar-refractivity contribution in [3.63, 3.8) is 0 Å². The summed E-state index contributed by atoms with van der Waals surface area (Å²) in [6, 6.07) is 11.9. The van der Waals surface area contributed by atoms with Crippen LogP contribution >= 0.6 is 11.8 Å². The van der Waals surface area contributed by atoms with Crippen molar-refractivity contribution in [2.75, 3.05) is 45.5 Å². The van der Waals surface area contributed by atoms with Gasteiger partial charge in [0.05, 0.1) is 5.56 Å². The van der Waals surface area contributed by atoms with E-state index in [9.17, 15) is 22.8 Å². The van der Waals surface area contributed by atoms with Crippen LogP contribution in [0.2, 0.25) is 0 Å². The first-order valence-electron chi connectivity index (χ1n) is 11.7. The first kappa shape index (κ1) is 26.7. The smallest absolute Gasteiger partial charge is 0.416 e. The van der Waals surface area contributed by atoms with E-state index in [2.05, 4.69) is 15.2 Å². The lowest BCUT2D eigenvalue weighted by Gasteiger charge is -2.34. The SMILES string of the molecule is CSc1ccc(-c2oc(-c3ccc(C(F)(F)F)cc3)nc2C(=O)NCCN2CCN(C(C)=O)CC2)cc1. The second-order valence-electron chi connectivity index (χ2n) is 8.60. The Morgan fingerprint density at radius 2 is 1.62 bits per heavy atom. The minimum Gasteiger partial charge on any atom is -0.435 e. The van der Waals surface area contributed by atoms with Gasteiger partial charge < -0.3 is 14.6 Å².